The molecule has 5 nitrogen and oxygen atoms in total. The highest BCUT2D eigenvalue weighted by atomic mass is 16.1. The minimum Gasteiger partial charge on any atom is -0.358 e. The van der Waals surface area contributed by atoms with Crippen molar-refractivity contribution in [2.24, 2.45) is 0 Å². The van der Waals surface area contributed by atoms with E-state index in [2.05, 4.69) is 68.6 Å². The van der Waals surface area contributed by atoms with Gasteiger partial charge in [-0.15, -0.1) is 0 Å². The molecule has 2 aromatic carbocycles. The van der Waals surface area contributed by atoms with Gasteiger partial charge in [0.05, 0.1) is 18.8 Å². The van der Waals surface area contributed by atoms with Crippen molar-refractivity contribution in [3.63, 3.8) is 0 Å². The summed E-state index contributed by atoms with van der Waals surface area (Å²) < 4.78 is 2.09. The summed E-state index contributed by atoms with van der Waals surface area (Å²) in [4.78, 5) is 16.2. The van der Waals surface area contributed by atoms with Crippen molar-refractivity contribution >= 4 is 5.91 Å². The average Bonchev–Trinajstić information content (AvgIpc) is 3.47. The highest BCUT2D eigenvalue weighted by Crippen LogP contribution is 2.30. The zero-order valence-corrected chi connectivity index (χ0v) is 18.1. The summed E-state index contributed by atoms with van der Waals surface area (Å²) in [6.45, 7) is 0.771. The van der Waals surface area contributed by atoms with Gasteiger partial charge in [0.1, 0.15) is 0 Å². The van der Waals surface area contributed by atoms with Gasteiger partial charge in [-0.3, -0.25) is 9.48 Å². The van der Waals surface area contributed by atoms with Crippen LogP contribution in [-0.4, -0.2) is 20.7 Å². The Morgan fingerprint density at radius 3 is 2.62 bits per heavy atom. The lowest BCUT2D eigenvalue weighted by Crippen LogP contribution is -2.31. The molecule has 1 unspecified atom stereocenters. The van der Waals surface area contributed by atoms with Gasteiger partial charge < -0.3 is 10.3 Å². The van der Waals surface area contributed by atoms with Crippen molar-refractivity contribution < 1.29 is 4.79 Å². The lowest BCUT2D eigenvalue weighted by atomic mass is 9.92. The number of carbonyl (C=O) groups excluding carboxylic acids is 1. The van der Waals surface area contributed by atoms with Crippen molar-refractivity contribution in [2.45, 2.75) is 44.7 Å². The summed E-state index contributed by atoms with van der Waals surface area (Å²) in [5, 5.41) is 7.89. The van der Waals surface area contributed by atoms with Crippen LogP contribution < -0.4 is 5.32 Å². The number of aryl methyl sites for hydroxylation is 1. The van der Waals surface area contributed by atoms with Gasteiger partial charge in [0.25, 0.3) is 0 Å². The Morgan fingerprint density at radius 2 is 1.81 bits per heavy atom. The number of aromatic nitrogens is 3. The van der Waals surface area contributed by atoms with Crippen molar-refractivity contribution in [1.82, 2.24) is 20.1 Å². The third-order valence-electron chi connectivity index (χ3n) is 6.23. The molecule has 5 rings (SSSR count). The third kappa shape index (κ3) is 4.52. The first kappa shape index (κ1) is 20.3. The molecule has 2 N–H and O–H groups in total. The number of benzene rings is 2. The largest absolute Gasteiger partial charge is 0.358 e. The predicted molar refractivity (Wildman–Crippen MR) is 126 cm³/mol. The van der Waals surface area contributed by atoms with Crippen molar-refractivity contribution in [3.05, 3.63) is 102 Å². The third-order valence-corrected chi connectivity index (χ3v) is 6.23. The van der Waals surface area contributed by atoms with E-state index in [1.165, 1.54) is 16.8 Å². The summed E-state index contributed by atoms with van der Waals surface area (Å²) in [6.07, 6.45) is 6.16. The molecule has 1 atom stereocenters. The SMILES string of the molecule is O=C(CCc1ccc(-c2ccccc2)[nH]1)NC1CCCc2c1cnn2Cc1ccccc1. The molecule has 5 heteroatoms. The molecule has 0 fully saturated rings. The second-order valence-corrected chi connectivity index (χ2v) is 8.47. The topological polar surface area (TPSA) is 62.7 Å². The van der Waals surface area contributed by atoms with Crippen LogP contribution >= 0.6 is 0 Å². The molecule has 162 valence electrons. The maximum absolute atomic E-state index is 12.7. The minimum atomic E-state index is 0.0549. The number of hydrogen-bond donors (Lipinski definition) is 2. The first-order valence-electron chi connectivity index (χ1n) is 11.4. The van der Waals surface area contributed by atoms with E-state index in [-0.39, 0.29) is 11.9 Å². The molecule has 0 bridgehead atoms. The van der Waals surface area contributed by atoms with Gasteiger partial charge in [-0.25, -0.2) is 0 Å². The molecule has 0 radical (unpaired) electrons. The standard InChI is InChI=1S/C27H28N4O/c32-27(17-15-22-14-16-24(29-22)21-10-5-2-6-11-21)30-25-12-7-13-26-23(25)18-28-31(26)19-20-8-3-1-4-9-20/h1-6,8-11,14,16,18,25,29H,7,12-13,15,17,19H2,(H,30,32). The number of amides is 1. The molecule has 2 heterocycles. The van der Waals surface area contributed by atoms with Crippen LogP contribution in [0, 0.1) is 0 Å². The highest BCUT2D eigenvalue weighted by molar-refractivity contribution is 5.76. The van der Waals surface area contributed by atoms with E-state index in [9.17, 15) is 4.79 Å². The van der Waals surface area contributed by atoms with E-state index in [4.69, 9.17) is 0 Å². The maximum atomic E-state index is 12.7. The Balaban J connectivity index is 1.19. The summed E-state index contributed by atoms with van der Waals surface area (Å²) in [7, 11) is 0. The van der Waals surface area contributed by atoms with Crippen molar-refractivity contribution in [2.75, 3.05) is 0 Å². The van der Waals surface area contributed by atoms with Gasteiger partial charge >= 0.3 is 0 Å². The number of hydrogen-bond acceptors (Lipinski definition) is 2. The molecule has 0 aliphatic heterocycles. The fourth-order valence-corrected chi connectivity index (χ4v) is 4.55. The number of nitrogens with one attached hydrogen (secondary N) is 2. The molecule has 1 aliphatic rings. The van der Waals surface area contributed by atoms with Crippen molar-refractivity contribution in [3.8, 4) is 11.3 Å². The summed E-state index contributed by atoms with van der Waals surface area (Å²) in [5.41, 5.74) is 6.99. The summed E-state index contributed by atoms with van der Waals surface area (Å²) in [5.74, 6) is 0.0921. The number of H-pyrrole nitrogens is 1. The molecule has 2 aromatic heterocycles. The van der Waals surface area contributed by atoms with E-state index >= 15 is 0 Å². The molecule has 1 amide bonds. The zero-order chi connectivity index (χ0) is 21.8. The van der Waals surface area contributed by atoms with Crippen LogP contribution in [-0.2, 0) is 24.2 Å². The lowest BCUT2D eigenvalue weighted by Gasteiger charge is -2.24. The van der Waals surface area contributed by atoms with Crippen LogP contribution in [0.1, 0.15) is 47.8 Å². The molecule has 0 saturated heterocycles. The van der Waals surface area contributed by atoms with Crippen LogP contribution in [0.5, 0.6) is 0 Å². The van der Waals surface area contributed by atoms with Crippen LogP contribution in [0.15, 0.2) is 79.0 Å². The number of rotatable bonds is 7. The smallest absolute Gasteiger partial charge is 0.220 e. The quantitative estimate of drug-likeness (QED) is 0.436. The van der Waals surface area contributed by atoms with Crippen LogP contribution in [0.25, 0.3) is 11.3 Å². The van der Waals surface area contributed by atoms with Gasteiger partial charge in [0, 0.05) is 29.1 Å². The number of nitrogens with zero attached hydrogens (tertiary/aromatic N) is 2. The fraction of sp³-hybridized carbons (Fsp3) is 0.259. The minimum absolute atomic E-state index is 0.0549. The second-order valence-electron chi connectivity index (χ2n) is 8.47. The molecule has 1 aliphatic carbocycles. The monoisotopic (exact) mass is 424 g/mol. The van der Waals surface area contributed by atoms with Crippen LogP contribution in [0.2, 0.25) is 0 Å². The Bertz CT molecular complexity index is 1180. The van der Waals surface area contributed by atoms with Gasteiger partial charge in [-0.05, 0) is 48.9 Å². The Hall–Kier alpha value is -3.60. The molecule has 0 spiro atoms. The van der Waals surface area contributed by atoms with E-state index in [0.717, 1.165) is 42.8 Å². The Kier molecular flexibility index (Phi) is 5.88. The molecule has 4 aromatic rings. The van der Waals surface area contributed by atoms with Crippen LogP contribution in [0.4, 0.5) is 0 Å². The molecule has 32 heavy (non-hydrogen) atoms. The van der Waals surface area contributed by atoms with Gasteiger partial charge in [-0.1, -0.05) is 60.7 Å². The highest BCUT2D eigenvalue weighted by Gasteiger charge is 2.25. The van der Waals surface area contributed by atoms with Gasteiger partial charge in [0.2, 0.25) is 5.91 Å². The predicted octanol–water partition coefficient (Wildman–Crippen LogP) is 5.05. The number of carbonyl (C=O) groups is 1. The first-order valence-corrected chi connectivity index (χ1v) is 11.4. The molecular weight excluding hydrogens is 396 g/mol. The summed E-state index contributed by atoms with van der Waals surface area (Å²) in [6, 6.07) is 24.8. The van der Waals surface area contributed by atoms with Crippen molar-refractivity contribution in [1.29, 1.82) is 0 Å². The van der Waals surface area contributed by atoms with Gasteiger partial charge in [0.15, 0.2) is 0 Å². The maximum Gasteiger partial charge on any atom is 0.220 e. The first-order chi connectivity index (χ1) is 15.8. The van der Waals surface area contributed by atoms with E-state index in [1.54, 1.807) is 0 Å². The van der Waals surface area contributed by atoms with E-state index < -0.39 is 0 Å². The van der Waals surface area contributed by atoms with E-state index in [1.807, 2.05) is 30.5 Å². The lowest BCUT2D eigenvalue weighted by molar-refractivity contribution is -0.121. The van der Waals surface area contributed by atoms with Gasteiger partial charge in [-0.2, -0.15) is 5.10 Å². The number of aromatic amines is 1. The molecular formula is C27H28N4O. The average molecular weight is 425 g/mol. The number of fused-ring (bicyclic) bond motifs is 1. The zero-order valence-electron chi connectivity index (χ0n) is 18.1. The summed E-state index contributed by atoms with van der Waals surface area (Å²) >= 11 is 0. The molecule has 0 saturated carbocycles. The van der Waals surface area contributed by atoms with Crippen LogP contribution in [0.3, 0.4) is 0 Å². The fourth-order valence-electron chi connectivity index (χ4n) is 4.55. The van der Waals surface area contributed by atoms with E-state index in [0.29, 0.717) is 12.8 Å². The normalized spacial score (nSPS) is 15.3. The second kappa shape index (κ2) is 9.27. The Labute approximate surface area is 188 Å². The Morgan fingerprint density at radius 1 is 1.03 bits per heavy atom.